The lowest BCUT2D eigenvalue weighted by molar-refractivity contribution is -0.137. The van der Waals surface area contributed by atoms with Crippen LogP contribution in [0.3, 0.4) is 0 Å². The first-order valence-corrected chi connectivity index (χ1v) is 8.93. The summed E-state index contributed by atoms with van der Waals surface area (Å²) in [6.07, 6.45) is 3.88. The van der Waals surface area contributed by atoms with Crippen LogP contribution in [0.25, 0.3) is 0 Å². The third-order valence-corrected chi connectivity index (χ3v) is 5.24. The Hall–Kier alpha value is -2.21. The summed E-state index contributed by atoms with van der Waals surface area (Å²) in [5.74, 6) is 1.51. The molecule has 4 rings (SSSR count). The van der Waals surface area contributed by atoms with Gasteiger partial charge in [-0.05, 0) is 18.4 Å². The van der Waals surface area contributed by atoms with Crippen LogP contribution in [0.1, 0.15) is 36.5 Å². The van der Waals surface area contributed by atoms with Crippen LogP contribution in [-0.2, 0) is 22.4 Å². The van der Waals surface area contributed by atoms with E-state index in [-0.39, 0.29) is 11.3 Å². The third-order valence-electron chi connectivity index (χ3n) is 5.24. The number of carbonyl (C=O) groups is 1. The average Bonchev–Trinajstić information content (AvgIpc) is 3.27. The van der Waals surface area contributed by atoms with Crippen LogP contribution in [0.5, 0.6) is 0 Å². The van der Waals surface area contributed by atoms with Crippen molar-refractivity contribution >= 4 is 5.91 Å². The van der Waals surface area contributed by atoms with Crippen molar-refractivity contribution in [1.29, 1.82) is 0 Å². The molecule has 3 heterocycles. The summed E-state index contributed by atoms with van der Waals surface area (Å²) in [6, 6.07) is 10.1. The number of likely N-dealkylation sites (tertiary alicyclic amines) is 1. The number of ether oxygens (including phenoxy) is 1. The fraction of sp³-hybridized carbons (Fsp3) is 0.526. The maximum atomic E-state index is 12.2. The minimum absolute atomic E-state index is 0.168. The summed E-state index contributed by atoms with van der Waals surface area (Å²) in [5, 5.41) is 4.06. The Morgan fingerprint density at radius 2 is 2.08 bits per heavy atom. The average molecular weight is 341 g/mol. The second-order valence-corrected chi connectivity index (χ2v) is 7.13. The summed E-state index contributed by atoms with van der Waals surface area (Å²) in [4.78, 5) is 18.6. The van der Waals surface area contributed by atoms with Crippen LogP contribution in [0.15, 0.2) is 34.9 Å². The Morgan fingerprint density at radius 3 is 2.88 bits per heavy atom. The minimum Gasteiger partial charge on any atom is -0.381 e. The molecule has 25 heavy (non-hydrogen) atoms. The molecule has 132 valence electrons. The number of rotatable bonds is 5. The Balaban J connectivity index is 1.34. The molecule has 6 nitrogen and oxygen atoms in total. The fourth-order valence-electron chi connectivity index (χ4n) is 3.75. The van der Waals surface area contributed by atoms with Gasteiger partial charge in [-0.15, -0.1) is 0 Å². The van der Waals surface area contributed by atoms with Gasteiger partial charge < -0.3 is 14.2 Å². The Bertz CT molecular complexity index is 723. The van der Waals surface area contributed by atoms with Crippen molar-refractivity contribution in [2.45, 2.75) is 32.1 Å². The zero-order chi connectivity index (χ0) is 17.1. The fourth-order valence-corrected chi connectivity index (χ4v) is 3.75. The summed E-state index contributed by atoms with van der Waals surface area (Å²) in [6.45, 7) is 3.01. The molecular weight excluding hydrogens is 318 g/mol. The van der Waals surface area contributed by atoms with E-state index in [9.17, 15) is 4.79 Å². The van der Waals surface area contributed by atoms with Crippen LogP contribution in [0.4, 0.5) is 0 Å². The molecule has 1 spiro atoms. The van der Waals surface area contributed by atoms with E-state index in [2.05, 4.69) is 10.1 Å². The third kappa shape index (κ3) is 3.74. The first-order valence-electron chi connectivity index (χ1n) is 8.93. The predicted molar refractivity (Wildman–Crippen MR) is 90.9 cm³/mol. The number of amides is 1. The molecule has 0 N–H and O–H groups in total. The predicted octanol–water partition coefficient (Wildman–Crippen LogP) is 2.23. The minimum atomic E-state index is 0.168. The lowest BCUT2D eigenvalue weighted by Gasteiger charge is -2.39. The lowest BCUT2D eigenvalue weighted by Crippen LogP contribution is -2.47. The van der Waals surface area contributed by atoms with Gasteiger partial charge in [0.25, 0.3) is 0 Å². The van der Waals surface area contributed by atoms with Crippen LogP contribution in [0, 0.1) is 5.41 Å². The van der Waals surface area contributed by atoms with Crippen molar-refractivity contribution in [3.8, 4) is 0 Å². The molecule has 0 saturated carbocycles. The summed E-state index contributed by atoms with van der Waals surface area (Å²) < 4.78 is 10.9. The molecule has 2 aromatic rings. The number of benzene rings is 1. The highest BCUT2D eigenvalue weighted by atomic mass is 16.5. The Morgan fingerprint density at radius 1 is 1.20 bits per heavy atom. The monoisotopic (exact) mass is 341 g/mol. The molecule has 1 aromatic heterocycles. The maximum absolute atomic E-state index is 12.2. The second-order valence-electron chi connectivity index (χ2n) is 7.13. The van der Waals surface area contributed by atoms with Gasteiger partial charge in [0.05, 0.1) is 6.61 Å². The zero-order valence-corrected chi connectivity index (χ0v) is 14.3. The van der Waals surface area contributed by atoms with Gasteiger partial charge in [-0.1, -0.05) is 35.5 Å². The molecule has 0 radical (unpaired) electrons. The highest BCUT2D eigenvalue weighted by Gasteiger charge is 2.41. The van der Waals surface area contributed by atoms with Gasteiger partial charge in [0, 0.05) is 44.4 Å². The number of piperidine rings is 1. The van der Waals surface area contributed by atoms with Crippen molar-refractivity contribution in [1.82, 2.24) is 15.0 Å². The van der Waals surface area contributed by atoms with Gasteiger partial charge in [0.1, 0.15) is 0 Å². The van der Waals surface area contributed by atoms with E-state index >= 15 is 0 Å². The normalized spacial score (nSPS) is 23.5. The van der Waals surface area contributed by atoms with Gasteiger partial charge in [0.2, 0.25) is 11.8 Å². The molecule has 2 saturated heterocycles. The van der Waals surface area contributed by atoms with E-state index in [0.29, 0.717) is 37.5 Å². The van der Waals surface area contributed by atoms with Crippen molar-refractivity contribution in [3.63, 3.8) is 0 Å². The van der Waals surface area contributed by atoms with Crippen molar-refractivity contribution < 1.29 is 14.1 Å². The molecule has 2 fully saturated rings. The SMILES string of the molecule is O=C1CCC2(CCOC2)CN1CCc1nc(Cc2ccccc2)no1. The van der Waals surface area contributed by atoms with Gasteiger partial charge in [0.15, 0.2) is 5.82 Å². The van der Waals surface area contributed by atoms with Gasteiger partial charge >= 0.3 is 0 Å². The van der Waals surface area contributed by atoms with Crippen molar-refractivity contribution in [3.05, 3.63) is 47.6 Å². The van der Waals surface area contributed by atoms with E-state index in [1.807, 2.05) is 35.2 Å². The van der Waals surface area contributed by atoms with Crippen LogP contribution >= 0.6 is 0 Å². The lowest BCUT2D eigenvalue weighted by atomic mass is 9.79. The first kappa shape index (κ1) is 16.3. The summed E-state index contributed by atoms with van der Waals surface area (Å²) in [5.41, 5.74) is 1.32. The largest absolute Gasteiger partial charge is 0.381 e. The highest BCUT2D eigenvalue weighted by molar-refractivity contribution is 5.77. The van der Waals surface area contributed by atoms with Crippen molar-refractivity contribution in [2.75, 3.05) is 26.3 Å². The second kappa shape index (κ2) is 6.96. The van der Waals surface area contributed by atoms with Crippen LogP contribution < -0.4 is 0 Å². The van der Waals surface area contributed by atoms with Crippen LogP contribution in [0.2, 0.25) is 0 Å². The van der Waals surface area contributed by atoms with Gasteiger partial charge in [-0.25, -0.2) is 0 Å². The molecule has 1 aromatic carbocycles. The Kier molecular flexibility index (Phi) is 4.53. The molecule has 2 aliphatic heterocycles. The molecule has 6 heteroatoms. The molecule has 1 atom stereocenters. The first-order chi connectivity index (χ1) is 12.2. The molecule has 0 bridgehead atoms. The van der Waals surface area contributed by atoms with E-state index in [1.165, 1.54) is 0 Å². The van der Waals surface area contributed by atoms with Crippen molar-refractivity contribution in [2.24, 2.45) is 5.41 Å². The Labute approximate surface area is 147 Å². The standard InChI is InChI=1S/C19H23N3O3/c23-18-6-8-19(9-11-24-14-19)13-22(18)10-7-17-20-16(21-25-17)12-15-4-2-1-3-5-15/h1-5H,6-14H2. The number of hydrogen-bond acceptors (Lipinski definition) is 5. The molecule has 1 amide bonds. The van der Waals surface area contributed by atoms with Gasteiger partial charge in [-0.3, -0.25) is 4.79 Å². The quantitative estimate of drug-likeness (QED) is 0.834. The summed E-state index contributed by atoms with van der Waals surface area (Å²) in [7, 11) is 0. The molecular formula is C19H23N3O3. The topological polar surface area (TPSA) is 68.5 Å². The molecule has 2 aliphatic rings. The zero-order valence-electron chi connectivity index (χ0n) is 14.3. The highest BCUT2D eigenvalue weighted by Crippen LogP contribution is 2.38. The number of hydrogen-bond donors (Lipinski definition) is 0. The van der Waals surface area contributed by atoms with Crippen LogP contribution in [-0.4, -0.2) is 47.3 Å². The van der Waals surface area contributed by atoms with E-state index < -0.39 is 0 Å². The van der Waals surface area contributed by atoms with E-state index in [4.69, 9.17) is 9.26 Å². The summed E-state index contributed by atoms with van der Waals surface area (Å²) >= 11 is 0. The number of carbonyl (C=O) groups excluding carboxylic acids is 1. The van der Waals surface area contributed by atoms with E-state index in [0.717, 1.165) is 38.2 Å². The molecule has 1 unspecified atom stereocenters. The number of nitrogens with zero attached hydrogens (tertiary/aromatic N) is 3. The molecule has 0 aliphatic carbocycles. The maximum Gasteiger partial charge on any atom is 0.228 e. The smallest absolute Gasteiger partial charge is 0.228 e. The van der Waals surface area contributed by atoms with E-state index in [1.54, 1.807) is 0 Å². The van der Waals surface area contributed by atoms with Gasteiger partial charge in [-0.2, -0.15) is 4.98 Å². The number of aromatic nitrogens is 2.